The molecule has 0 aromatic heterocycles. The van der Waals surface area contributed by atoms with Crippen LogP contribution in [-0.4, -0.2) is 23.5 Å². The minimum atomic E-state index is -0.458. The molecule has 8 heteroatoms. The van der Waals surface area contributed by atoms with Gasteiger partial charge in [-0.15, -0.1) is 11.8 Å². The van der Waals surface area contributed by atoms with E-state index in [1.807, 2.05) is 72.8 Å². The van der Waals surface area contributed by atoms with Crippen LogP contribution in [0.4, 0.5) is 11.4 Å². The number of rotatable bonds is 9. The van der Waals surface area contributed by atoms with E-state index in [1.54, 1.807) is 42.5 Å². The summed E-state index contributed by atoms with van der Waals surface area (Å²) in [4.78, 5) is 39.0. The molecule has 6 nitrogen and oxygen atoms in total. The van der Waals surface area contributed by atoms with E-state index >= 15 is 0 Å². The van der Waals surface area contributed by atoms with Gasteiger partial charge in [0.2, 0.25) is 5.91 Å². The van der Waals surface area contributed by atoms with Gasteiger partial charge in [-0.3, -0.25) is 14.4 Å². The number of carbonyl (C=O) groups excluding carboxylic acids is 3. The summed E-state index contributed by atoms with van der Waals surface area (Å²) in [6.45, 7) is 0. The van der Waals surface area contributed by atoms with Crippen molar-refractivity contribution >= 4 is 62.9 Å². The Balaban J connectivity index is 1.40. The Morgan fingerprint density at radius 2 is 1.32 bits per heavy atom. The van der Waals surface area contributed by atoms with Crippen molar-refractivity contribution in [3.63, 3.8) is 0 Å². The van der Waals surface area contributed by atoms with Crippen LogP contribution in [0, 0.1) is 0 Å². The maximum atomic E-state index is 13.2. The molecular weight excluding hydrogens is 562 g/mol. The summed E-state index contributed by atoms with van der Waals surface area (Å²) in [5.74, 6) is -0.688. The van der Waals surface area contributed by atoms with Crippen LogP contribution in [0.2, 0.25) is 0 Å². The minimum Gasteiger partial charge on any atom is -0.325 e. The first-order valence-corrected chi connectivity index (χ1v) is 13.5. The van der Waals surface area contributed by atoms with E-state index in [1.165, 1.54) is 11.8 Å². The zero-order valence-electron chi connectivity index (χ0n) is 20.2. The number of nitrogens with one attached hydrogen (secondary N) is 3. The van der Waals surface area contributed by atoms with E-state index in [0.29, 0.717) is 11.3 Å². The van der Waals surface area contributed by atoms with Gasteiger partial charge in [-0.05, 0) is 72.3 Å². The number of anilines is 2. The molecule has 0 aliphatic carbocycles. The third kappa shape index (κ3) is 8.19. The van der Waals surface area contributed by atoms with E-state index in [2.05, 4.69) is 31.9 Å². The molecule has 4 rings (SSSR count). The number of amides is 3. The fourth-order valence-electron chi connectivity index (χ4n) is 3.37. The van der Waals surface area contributed by atoms with Crippen molar-refractivity contribution in [2.45, 2.75) is 4.90 Å². The number of hydrogen-bond acceptors (Lipinski definition) is 4. The molecule has 0 heterocycles. The second kappa shape index (κ2) is 13.4. The minimum absolute atomic E-state index is 0.101. The van der Waals surface area contributed by atoms with Crippen LogP contribution in [0.3, 0.4) is 0 Å². The Bertz CT molecular complexity index is 1430. The highest BCUT2D eigenvalue weighted by atomic mass is 79.9. The van der Waals surface area contributed by atoms with Crippen LogP contribution in [0.1, 0.15) is 15.9 Å². The second-order valence-corrected chi connectivity index (χ2v) is 10.1. The van der Waals surface area contributed by atoms with Crippen LogP contribution in [0.15, 0.2) is 124 Å². The average Bonchev–Trinajstić information content (AvgIpc) is 2.94. The quantitative estimate of drug-likeness (QED) is 0.153. The van der Waals surface area contributed by atoms with Gasteiger partial charge >= 0.3 is 0 Å². The molecule has 0 aliphatic rings. The molecule has 0 unspecified atom stereocenters. The summed E-state index contributed by atoms with van der Waals surface area (Å²) in [6, 6.07) is 32.6. The Kier molecular flexibility index (Phi) is 9.50. The molecule has 0 fully saturated rings. The smallest absolute Gasteiger partial charge is 0.272 e. The summed E-state index contributed by atoms with van der Waals surface area (Å²) in [7, 11) is 0. The van der Waals surface area contributed by atoms with Gasteiger partial charge in [0.15, 0.2) is 0 Å². The monoisotopic (exact) mass is 585 g/mol. The third-order valence-corrected chi connectivity index (χ3v) is 6.79. The molecule has 0 saturated heterocycles. The number of hydrogen-bond donors (Lipinski definition) is 3. The lowest BCUT2D eigenvalue weighted by Crippen LogP contribution is -2.30. The van der Waals surface area contributed by atoms with E-state index in [0.717, 1.165) is 20.6 Å². The molecule has 4 aromatic rings. The summed E-state index contributed by atoms with van der Waals surface area (Å²) >= 11 is 4.80. The van der Waals surface area contributed by atoms with Crippen LogP contribution in [0.5, 0.6) is 0 Å². The molecular formula is C30H24BrN3O3S. The van der Waals surface area contributed by atoms with Crippen LogP contribution >= 0.6 is 27.7 Å². The molecule has 0 radical (unpaired) electrons. The number of thioether (sulfide) groups is 1. The number of para-hydroxylation sites is 1. The highest BCUT2D eigenvalue weighted by Gasteiger charge is 2.15. The molecule has 190 valence electrons. The Morgan fingerprint density at radius 1 is 0.711 bits per heavy atom. The third-order valence-electron chi connectivity index (χ3n) is 5.25. The molecule has 0 atom stereocenters. The first-order chi connectivity index (χ1) is 18.5. The van der Waals surface area contributed by atoms with E-state index in [-0.39, 0.29) is 23.3 Å². The predicted molar refractivity (Wildman–Crippen MR) is 157 cm³/mol. The van der Waals surface area contributed by atoms with E-state index in [4.69, 9.17) is 0 Å². The lowest BCUT2D eigenvalue weighted by atomic mass is 10.1. The SMILES string of the molecule is O=C(CSc1ccc(NC(=O)/C(=C/c2ccc(Br)cc2)NC(=O)c2ccccc2)cc1)Nc1ccccc1. The van der Waals surface area contributed by atoms with Crippen molar-refractivity contribution in [1.82, 2.24) is 5.32 Å². The van der Waals surface area contributed by atoms with Gasteiger partial charge in [-0.1, -0.05) is 64.5 Å². The van der Waals surface area contributed by atoms with Gasteiger partial charge in [0.25, 0.3) is 11.8 Å². The Labute approximate surface area is 233 Å². The van der Waals surface area contributed by atoms with Gasteiger partial charge in [-0.2, -0.15) is 0 Å². The van der Waals surface area contributed by atoms with Crippen LogP contribution < -0.4 is 16.0 Å². The predicted octanol–water partition coefficient (Wildman–Crippen LogP) is 6.59. The van der Waals surface area contributed by atoms with Gasteiger partial charge in [0.1, 0.15) is 5.70 Å². The second-order valence-electron chi connectivity index (χ2n) is 8.11. The van der Waals surface area contributed by atoms with Crippen molar-refractivity contribution in [1.29, 1.82) is 0 Å². The fraction of sp³-hybridized carbons (Fsp3) is 0.0333. The molecule has 0 aliphatic heterocycles. The van der Waals surface area contributed by atoms with Crippen molar-refractivity contribution in [2.24, 2.45) is 0 Å². The molecule has 3 amide bonds. The number of halogens is 1. The lowest BCUT2D eigenvalue weighted by molar-refractivity contribution is -0.114. The molecule has 0 spiro atoms. The van der Waals surface area contributed by atoms with Crippen LogP contribution in [-0.2, 0) is 9.59 Å². The van der Waals surface area contributed by atoms with Gasteiger partial charge in [0, 0.05) is 26.3 Å². The fourth-order valence-corrected chi connectivity index (χ4v) is 4.33. The molecule has 3 N–H and O–H groups in total. The first-order valence-electron chi connectivity index (χ1n) is 11.7. The van der Waals surface area contributed by atoms with Gasteiger partial charge in [0.05, 0.1) is 5.75 Å². The van der Waals surface area contributed by atoms with Crippen molar-refractivity contribution in [2.75, 3.05) is 16.4 Å². The number of carbonyl (C=O) groups is 3. The van der Waals surface area contributed by atoms with E-state index < -0.39 is 5.91 Å². The molecule has 0 bridgehead atoms. The maximum absolute atomic E-state index is 13.2. The standard InChI is InChI=1S/C30H24BrN3O3S/c31-23-13-11-21(12-14-23)19-27(34-29(36)22-7-3-1-4-8-22)30(37)33-25-15-17-26(18-16-25)38-20-28(35)32-24-9-5-2-6-10-24/h1-19H,20H2,(H,32,35)(H,33,37)(H,34,36)/b27-19-. The number of benzene rings is 4. The van der Waals surface area contributed by atoms with Crippen molar-refractivity contribution < 1.29 is 14.4 Å². The summed E-state index contributed by atoms with van der Waals surface area (Å²) in [5, 5.41) is 8.42. The van der Waals surface area contributed by atoms with Gasteiger partial charge in [-0.25, -0.2) is 0 Å². The van der Waals surface area contributed by atoms with Crippen LogP contribution in [0.25, 0.3) is 6.08 Å². The van der Waals surface area contributed by atoms with E-state index in [9.17, 15) is 14.4 Å². The molecule has 0 saturated carbocycles. The normalized spacial score (nSPS) is 10.9. The molecule has 4 aromatic carbocycles. The summed E-state index contributed by atoms with van der Waals surface area (Å²) in [6.07, 6.45) is 1.62. The Morgan fingerprint density at radius 3 is 1.97 bits per heavy atom. The highest BCUT2D eigenvalue weighted by molar-refractivity contribution is 9.10. The summed E-state index contributed by atoms with van der Waals surface area (Å²) in [5.41, 5.74) is 2.62. The van der Waals surface area contributed by atoms with Gasteiger partial charge < -0.3 is 16.0 Å². The van der Waals surface area contributed by atoms with Crippen molar-refractivity contribution in [3.8, 4) is 0 Å². The topological polar surface area (TPSA) is 87.3 Å². The lowest BCUT2D eigenvalue weighted by Gasteiger charge is -2.12. The average molecular weight is 587 g/mol. The largest absolute Gasteiger partial charge is 0.325 e. The zero-order valence-corrected chi connectivity index (χ0v) is 22.6. The summed E-state index contributed by atoms with van der Waals surface area (Å²) < 4.78 is 0.907. The Hall–Kier alpha value is -4.14. The first kappa shape index (κ1) is 26.9. The maximum Gasteiger partial charge on any atom is 0.272 e. The molecule has 38 heavy (non-hydrogen) atoms. The zero-order chi connectivity index (χ0) is 26.7. The highest BCUT2D eigenvalue weighted by Crippen LogP contribution is 2.21. The van der Waals surface area contributed by atoms with Crippen molar-refractivity contribution in [3.05, 3.63) is 130 Å².